The van der Waals surface area contributed by atoms with Crippen molar-refractivity contribution in [2.45, 2.75) is 11.8 Å². The molecule has 0 radical (unpaired) electrons. The first-order valence-electron chi connectivity index (χ1n) is 6.08. The lowest BCUT2D eigenvalue weighted by Gasteiger charge is -2.11. The van der Waals surface area contributed by atoms with Crippen molar-refractivity contribution in [1.82, 2.24) is 0 Å². The van der Waals surface area contributed by atoms with Gasteiger partial charge in [-0.2, -0.15) is 0 Å². The van der Waals surface area contributed by atoms with Gasteiger partial charge in [-0.3, -0.25) is 9.52 Å². The monoisotopic (exact) mass is 305 g/mol. The zero-order valence-corrected chi connectivity index (χ0v) is 12.1. The Morgan fingerprint density at radius 2 is 1.71 bits per heavy atom. The lowest BCUT2D eigenvalue weighted by molar-refractivity contribution is 0.1000. The maximum absolute atomic E-state index is 12.3. The smallest absolute Gasteiger partial charge is 0.261 e. The van der Waals surface area contributed by atoms with Gasteiger partial charge in [-0.05, 0) is 48.9 Å². The maximum atomic E-state index is 12.3. The molecule has 0 aromatic heterocycles. The fourth-order valence-corrected chi connectivity index (χ4v) is 2.87. The van der Waals surface area contributed by atoms with Crippen LogP contribution in [-0.4, -0.2) is 14.3 Å². The summed E-state index contributed by atoms with van der Waals surface area (Å²) in [5, 5.41) is 0. The van der Waals surface area contributed by atoms with Crippen LogP contribution in [0.2, 0.25) is 0 Å². The Balaban J connectivity index is 2.34. The van der Waals surface area contributed by atoms with Crippen LogP contribution in [0.5, 0.6) is 0 Å². The third kappa shape index (κ3) is 3.32. The van der Waals surface area contributed by atoms with Crippen LogP contribution >= 0.6 is 0 Å². The van der Waals surface area contributed by atoms with Crippen molar-refractivity contribution >= 4 is 27.3 Å². The van der Waals surface area contributed by atoms with E-state index in [2.05, 4.69) is 4.72 Å². The summed E-state index contributed by atoms with van der Waals surface area (Å²) in [6, 6.07) is 10.3. The maximum Gasteiger partial charge on any atom is 0.261 e. The van der Waals surface area contributed by atoms with Crippen molar-refractivity contribution in [3.8, 4) is 0 Å². The fraction of sp³-hybridized carbons (Fsp3) is 0.0714. The lowest BCUT2D eigenvalue weighted by atomic mass is 10.2. The minimum absolute atomic E-state index is 0.0364. The standard InChI is InChI=1S/C14H15N3O3S/c1-9-2-5-11(15)8-13(9)17-21(19,20)12-6-3-10(4-7-12)14(16)18/h2-8,17H,15H2,1H3,(H2,16,18). The van der Waals surface area contributed by atoms with Crippen molar-refractivity contribution < 1.29 is 13.2 Å². The molecular formula is C14H15N3O3S. The van der Waals surface area contributed by atoms with Crippen molar-refractivity contribution in [3.05, 3.63) is 53.6 Å². The van der Waals surface area contributed by atoms with E-state index >= 15 is 0 Å². The van der Waals surface area contributed by atoms with Crippen molar-refractivity contribution in [3.63, 3.8) is 0 Å². The number of carbonyl (C=O) groups is 1. The van der Waals surface area contributed by atoms with Gasteiger partial charge in [0.2, 0.25) is 5.91 Å². The summed E-state index contributed by atoms with van der Waals surface area (Å²) in [7, 11) is -3.75. The predicted molar refractivity (Wildman–Crippen MR) is 81.4 cm³/mol. The molecule has 0 aliphatic carbocycles. The summed E-state index contributed by atoms with van der Waals surface area (Å²) in [6.07, 6.45) is 0. The number of amides is 1. The highest BCUT2D eigenvalue weighted by Crippen LogP contribution is 2.22. The number of hydrogen-bond acceptors (Lipinski definition) is 4. The van der Waals surface area contributed by atoms with Crippen LogP contribution in [-0.2, 0) is 10.0 Å². The van der Waals surface area contributed by atoms with E-state index in [1.54, 1.807) is 25.1 Å². The Labute approximate surface area is 122 Å². The zero-order chi connectivity index (χ0) is 15.6. The van der Waals surface area contributed by atoms with Crippen molar-refractivity contribution in [2.75, 3.05) is 10.5 Å². The number of hydrogen-bond donors (Lipinski definition) is 3. The van der Waals surface area contributed by atoms with Crippen LogP contribution in [0.3, 0.4) is 0 Å². The van der Waals surface area contributed by atoms with E-state index in [4.69, 9.17) is 11.5 Å². The lowest BCUT2D eigenvalue weighted by Crippen LogP contribution is -2.15. The van der Waals surface area contributed by atoms with Gasteiger partial charge in [-0.15, -0.1) is 0 Å². The number of primary amides is 1. The summed E-state index contributed by atoms with van der Waals surface area (Å²) in [5.74, 6) is -0.612. The van der Waals surface area contributed by atoms with Gasteiger partial charge in [0.25, 0.3) is 10.0 Å². The van der Waals surface area contributed by atoms with Gasteiger partial charge < -0.3 is 11.5 Å². The SMILES string of the molecule is Cc1ccc(N)cc1NS(=O)(=O)c1ccc(C(N)=O)cc1. The number of nitrogen functional groups attached to an aromatic ring is 1. The van der Waals surface area contributed by atoms with Gasteiger partial charge in [-0.1, -0.05) is 6.07 Å². The number of nitrogens with one attached hydrogen (secondary N) is 1. The Kier molecular flexibility index (Phi) is 3.86. The summed E-state index contributed by atoms with van der Waals surface area (Å²) < 4.78 is 27.0. The van der Waals surface area contributed by atoms with E-state index in [-0.39, 0.29) is 10.5 Å². The van der Waals surface area contributed by atoms with E-state index in [1.807, 2.05) is 0 Å². The summed E-state index contributed by atoms with van der Waals surface area (Å²) in [5.41, 5.74) is 12.6. The molecule has 1 amide bonds. The Hall–Kier alpha value is -2.54. The van der Waals surface area contributed by atoms with Gasteiger partial charge >= 0.3 is 0 Å². The molecule has 0 saturated carbocycles. The van der Waals surface area contributed by atoms with Gasteiger partial charge in [0.05, 0.1) is 10.6 Å². The van der Waals surface area contributed by atoms with Crippen molar-refractivity contribution in [1.29, 1.82) is 0 Å². The largest absolute Gasteiger partial charge is 0.399 e. The Bertz CT molecular complexity index is 784. The first-order chi connectivity index (χ1) is 9.79. The molecule has 2 aromatic carbocycles. The molecule has 0 spiro atoms. The van der Waals surface area contributed by atoms with E-state index in [9.17, 15) is 13.2 Å². The number of anilines is 2. The summed E-state index contributed by atoms with van der Waals surface area (Å²) in [6.45, 7) is 1.77. The molecule has 7 heteroatoms. The molecule has 0 bridgehead atoms. The van der Waals surface area contributed by atoms with Crippen LogP contribution in [0.4, 0.5) is 11.4 Å². The third-order valence-electron chi connectivity index (χ3n) is 2.96. The first-order valence-corrected chi connectivity index (χ1v) is 7.57. The van der Waals surface area contributed by atoms with Crippen LogP contribution in [0.25, 0.3) is 0 Å². The quantitative estimate of drug-likeness (QED) is 0.742. The molecule has 0 aliphatic rings. The molecular weight excluding hydrogens is 290 g/mol. The topological polar surface area (TPSA) is 115 Å². The first kappa shape index (κ1) is 14.9. The van der Waals surface area contributed by atoms with E-state index in [0.717, 1.165) is 5.56 Å². The van der Waals surface area contributed by atoms with E-state index in [0.29, 0.717) is 11.4 Å². The molecule has 0 saturated heterocycles. The fourth-order valence-electron chi connectivity index (χ4n) is 1.75. The van der Waals surface area contributed by atoms with E-state index < -0.39 is 15.9 Å². The highest BCUT2D eigenvalue weighted by Gasteiger charge is 2.15. The van der Waals surface area contributed by atoms with Gasteiger partial charge in [0.15, 0.2) is 0 Å². The average Bonchev–Trinajstić information content (AvgIpc) is 2.43. The second kappa shape index (κ2) is 5.45. The minimum atomic E-state index is -3.75. The normalized spacial score (nSPS) is 11.1. The van der Waals surface area contributed by atoms with Crippen LogP contribution in [0.15, 0.2) is 47.4 Å². The predicted octanol–water partition coefficient (Wildman–Crippen LogP) is 1.48. The molecule has 2 rings (SSSR count). The Morgan fingerprint density at radius 3 is 2.29 bits per heavy atom. The highest BCUT2D eigenvalue weighted by molar-refractivity contribution is 7.92. The molecule has 0 unspecified atom stereocenters. The van der Waals surface area contributed by atoms with Crippen molar-refractivity contribution in [2.24, 2.45) is 5.73 Å². The van der Waals surface area contributed by atoms with Gasteiger partial charge in [-0.25, -0.2) is 8.42 Å². The average molecular weight is 305 g/mol. The molecule has 21 heavy (non-hydrogen) atoms. The summed E-state index contributed by atoms with van der Waals surface area (Å²) in [4.78, 5) is 11.0. The van der Waals surface area contributed by atoms with Gasteiger partial charge in [0, 0.05) is 11.3 Å². The summed E-state index contributed by atoms with van der Waals surface area (Å²) >= 11 is 0. The number of aryl methyl sites for hydroxylation is 1. The van der Waals surface area contributed by atoms with Gasteiger partial charge in [0.1, 0.15) is 0 Å². The minimum Gasteiger partial charge on any atom is -0.399 e. The second-order valence-corrected chi connectivity index (χ2v) is 6.25. The number of benzene rings is 2. The third-order valence-corrected chi connectivity index (χ3v) is 4.34. The zero-order valence-electron chi connectivity index (χ0n) is 11.3. The number of nitrogens with two attached hydrogens (primary N) is 2. The molecule has 6 nitrogen and oxygen atoms in total. The molecule has 5 N–H and O–H groups in total. The Morgan fingerprint density at radius 1 is 1.10 bits per heavy atom. The molecule has 0 heterocycles. The van der Waals surface area contributed by atoms with Crippen LogP contribution < -0.4 is 16.2 Å². The number of carbonyl (C=O) groups excluding carboxylic acids is 1. The molecule has 0 aliphatic heterocycles. The molecule has 110 valence electrons. The molecule has 0 fully saturated rings. The second-order valence-electron chi connectivity index (χ2n) is 4.57. The van der Waals surface area contributed by atoms with E-state index in [1.165, 1.54) is 24.3 Å². The molecule has 2 aromatic rings. The number of sulfonamides is 1. The van der Waals surface area contributed by atoms with Crippen LogP contribution in [0.1, 0.15) is 15.9 Å². The number of rotatable bonds is 4. The molecule has 0 atom stereocenters. The van der Waals surface area contributed by atoms with Crippen LogP contribution in [0, 0.1) is 6.92 Å². The highest BCUT2D eigenvalue weighted by atomic mass is 32.2.